The van der Waals surface area contributed by atoms with Crippen LogP contribution in [0, 0.1) is 5.82 Å². The van der Waals surface area contributed by atoms with Crippen molar-refractivity contribution in [1.82, 2.24) is 9.21 Å². The zero-order chi connectivity index (χ0) is 22.2. The number of ether oxygens (including phenoxy) is 1. The van der Waals surface area contributed by atoms with Gasteiger partial charge in [-0.05, 0) is 62.6 Å². The zero-order valence-corrected chi connectivity index (χ0v) is 19.1. The van der Waals surface area contributed by atoms with Crippen molar-refractivity contribution < 1.29 is 17.5 Å². The van der Waals surface area contributed by atoms with E-state index < -0.39 is 21.6 Å². The highest BCUT2D eigenvalue weighted by Gasteiger charge is 2.55. The molecule has 0 saturated carbocycles. The first-order valence-corrected chi connectivity index (χ1v) is 12.1. The SMILES string of the molecule is CCOc1cccc(CN2CC[C@@]3(C[C@@H]2C)CN(C)S(=O)(=O)N3c2cccc(F)c2)c1. The summed E-state index contributed by atoms with van der Waals surface area (Å²) in [6, 6.07) is 14.2. The Morgan fingerprint density at radius 3 is 2.68 bits per heavy atom. The van der Waals surface area contributed by atoms with Crippen LogP contribution in [-0.4, -0.2) is 55.9 Å². The minimum atomic E-state index is -3.69. The number of hydrogen-bond acceptors (Lipinski definition) is 4. The molecule has 1 spiro atoms. The molecular weight excluding hydrogens is 417 g/mol. The summed E-state index contributed by atoms with van der Waals surface area (Å²) >= 11 is 0. The van der Waals surface area contributed by atoms with Crippen LogP contribution in [0.4, 0.5) is 10.1 Å². The molecule has 2 atom stereocenters. The molecule has 2 aliphatic heterocycles. The summed E-state index contributed by atoms with van der Waals surface area (Å²) in [6.07, 6.45) is 1.36. The van der Waals surface area contributed by atoms with Gasteiger partial charge in [-0.2, -0.15) is 12.7 Å². The minimum Gasteiger partial charge on any atom is -0.494 e. The van der Waals surface area contributed by atoms with Crippen molar-refractivity contribution in [3.05, 3.63) is 59.9 Å². The number of rotatable bonds is 5. The van der Waals surface area contributed by atoms with Crippen LogP contribution in [0.2, 0.25) is 0 Å². The fraction of sp³-hybridized carbons (Fsp3) is 0.478. The van der Waals surface area contributed by atoms with E-state index in [4.69, 9.17) is 4.74 Å². The summed E-state index contributed by atoms with van der Waals surface area (Å²) in [7, 11) is -2.09. The second kappa shape index (κ2) is 8.41. The van der Waals surface area contributed by atoms with E-state index >= 15 is 0 Å². The first-order valence-electron chi connectivity index (χ1n) is 10.7. The molecule has 2 heterocycles. The van der Waals surface area contributed by atoms with Crippen LogP contribution in [0.1, 0.15) is 32.3 Å². The Balaban J connectivity index is 1.57. The highest BCUT2D eigenvalue weighted by atomic mass is 32.2. The topological polar surface area (TPSA) is 53.1 Å². The second-order valence-electron chi connectivity index (χ2n) is 8.59. The number of anilines is 1. The van der Waals surface area contributed by atoms with Crippen LogP contribution in [0.25, 0.3) is 0 Å². The van der Waals surface area contributed by atoms with Gasteiger partial charge in [0.15, 0.2) is 0 Å². The van der Waals surface area contributed by atoms with Crippen molar-refractivity contribution in [3.63, 3.8) is 0 Å². The van der Waals surface area contributed by atoms with E-state index in [2.05, 4.69) is 24.0 Å². The van der Waals surface area contributed by atoms with Crippen LogP contribution in [0.5, 0.6) is 5.75 Å². The highest BCUT2D eigenvalue weighted by Crippen LogP contribution is 2.44. The number of halogens is 1. The van der Waals surface area contributed by atoms with Crippen LogP contribution in [-0.2, 0) is 16.8 Å². The Morgan fingerprint density at radius 1 is 1.19 bits per heavy atom. The Bertz CT molecular complexity index is 1050. The maximum absolute atomic E-state index is 13.9. The first-order chi connectivity index (χ1) is 14.7. The molecule has 0 N–H and O–H groups in total. The van der Waals surface area contributed by atoms with E-state index in [1.807, 2.05) is 19.1 Å². The van der Waals surface area contributed by atoms with Crippen molar-refractivity contribution in [2.24, 2.45) is 0 Å². The number of benzene rings is 2. The molecule has 2 aliphatic rings. The molecule has 2 aromatic rings. The number of nitrogens with zero attached hydrogens (tertiary/aromatic N) is 3. The predicted molar refractivity (Wildman–Crippen MR) is 120 cm³/mol. The van der Waals surface area contributed by atoms with E-state index in [0.29, 0.717) is 31.7 Å². The summed E-state index contributed by atoms with van der Waals surface area (Å²) in [6.45, 7) is 6.68. The standard InChI is InChI=1S/C23H30FN3O3S/c1-4-30-22-10-5-7-19(13-22)16-26-12-11-23(15-18(26)2)17-25(3)31(28,29)27(23)21-9-6-8-20(24)14-21/h5-10,13-14,18H,4,11-12,15-17H2,1-3H3/t18-,23+/m0/s1. The van der Waals surface area contributed by atoms with E-state index in [9.17, 15) is 12.8 Å². The van der Waals surface area contributed by atoms with Gasteiger partial charge >= 0.3 is 10.2 Å². The third-order valence-corrected chi connectivity index (χ3v) is 8.35. The van der Waals surface area contributed by atoms with E-state index in [1.54, 1.807) is 19.2 Å². The van der Waals surface area contributed by atoms with E-state index in [-0.39, 0.29) is 6.04 Å². The van der Waals surface area contributed by atoms with Crippen molar-refractivity contribution in [2.75, 3.05) is 31.0 Å². The Hall–Kier alpha value is -2.16. The number of likely N-dealkylation sites (N-methyl/N-ethyl adjacent to an activating group) is 1. The number of piperidine rings is 1. The Labute approximate surface area is 184 Å². The summed E-state index contributed by atoms with van der Waals surface area (Å²) in [5.74, 6) is 0.430. The van der Waals surface area contributed by atoms with Crippen molar-refractivity contribution in [1.29, 1.82) is 0 Å². The van der Waals surface area contributed by atoms with Gasteiger partial charge in [0.2, 0.25) is 0 Å². The molecule has 0 amide bonds. The second-order valence-corrected chi connectivity index (χ2v) is 10.5. The van der Waals surface area contributed by atoms with E-state index in [0.717, 1.165) is 18.8 Å². The average molecular weight is 448 g/mol. The maximum atomic E-state index is 13.9. The van der Waals surface area contributed by atoms with Crippen LogP contribution in [0.15, 0.2) is 48.5 Å². The first kappa shape index (κ1) is 22.0. The van der Waals surface area contributed by atoms with Gasteiger partial charge in [-0.3, -0.25) is 9.21 Å². The van der Waals surface area contributed by atoms with Crippen LogP contribution >= 0.6 is 0 Å². The van der Waals surface area contributed by atoms with Crippen LogP contribution in [0.3, 0.4) is 0 Å². The molecule has 2 fully saturated rings. The molecule has 0 radical (unpaired) electrons. The molecule has 31 heavy (non-hydrogen) atoms. The number of hydrogen-bond donors (Lipinski definition) is 0. The number of likely N-dealkylation sites (tertiary alicyclic amines) is 1. The molecule has 0 aliphatic carbocycles. The molecule has 2 saturated heterocycles. The lowest BCUT2D eigenvalue weighted by Crippen LogP contribution is -2.57. The summed E-state index contributed by atoms with van der Waals surface area (Å²) in [5, 5.41) is 0. The van der Waals surface area contributed by atoms with Gasteiger partial charge in [-0.1, -0.05) is 18.2 Å². The fourth-order valence-electron chi connectivity index (χ4n) is 5.00. The normalized spacial score (nSPS) is 26.5. The molecule has 4 rings (SSSR count). The molecule has 6 nitrogen and oxygen atoms in total. The minimum absolute atomic E-state index is 0.169. The molecule has 2 aromatic carbocycles. The molecule has 0 aromatic heterocycles. The van der Waals surface area contributed by atoms with Crippen molar-refractivity contribution in [3.8, 4) is 5.75 Å². The summed E-state index contributed by atoms with van der Waals surface area (Å²) in [4.78, 5) is 2.38. The van der Waals surface area contributed by atoms with E-state index in [1.165, 1.54) is 26.3 Å². The maximum Gasteiger partial charge on any atom is 0.304 e. The Morgan fingerprint density at radius 2 is 1.97 bits per heavy atom. The van der Waals surface area contributed by atoms with Gasteiger partial charge in [0.1, 0.15) is 11.6 Å². The Kier molecular flexibility index (Phi) is 5.98. The largest absolute Gasteiger partial charge is 0.494 e. The summed E-state index contributed by atoms with van der Waals surface area (Å²) < 4.78 is 48.7. The molecule has 0 bridgehead atoms. The lowest BCUT2D eigenvalue weighted by atomic mass is 9.82. The smallest absolute Gasteiger partial charge is 0.304 e. The van der Waals surface area contributed by atoms with Gasteiger partial charge in [0.05, 0.1) is 17.8 Å². The zero-order valence-electron chi connectivity index (χ0n) is 18.3. The van der Waals surface area contributed by atoms with Gasteiger partial charge < -0.3 is 4.74 Å². The van der Waals surface area contributed by atoms with Crippen molar-refractivity contribution in [2.45, 2.75) is 44.8 Å². The highest BCUT2D eigenvalue weighted by molar-refractivity contribution is 7.90. The third-order valence-electron chi connectivity index (χ3n) is 6.37. The quantitative estimate of drug-likeness (QED) is 0.702. The van der Waals surface area contributed by atoms with Gasteiger partial charge in [0.25, 0.3) is 0 Å². The summed E-state index contributed by atoms with van der Waals surface area (Å²) in [5.41, 5.74) is 0.992. The van der Waals surface area contributed by atoms with Gasteiger partial charge in [-0.15, -0.1) is 0 Å². The molecule has 8 heteroatoms. The lowest BCUT2D eigenvalue weighted by molar-refractivity contribution is 0.100. The van der Waals surface area contributed by atoms with Gasteiger partial charge in [0, 0.05) is 32.7 Å². The monoisotopic (exact) mass is 447 g/mol. The predicted octanol–water partition coefficient (Wildman–Crippen LogP) is 3.64. The lowest BCUT2D eigenvalue weighted by Gasteiger charge is -2.47. The van der Waals surface area contributed by atoms with Crippen molar-refractivity contribution >= 4 is 15.9 Å². The molecular formula is C23H30FN3O3S. The average Bonchev–Trinajstić information content (AvgIpc) is 2.89. The fourth-order valence-corrected chi connectivity index (χ4v) is 6.78. The van der Waals surface area contributed by atoms with Crippen LogP contribution < -0.4 is 9.04 Å². The third kappa shape index (κ3) is 4.16. The molecule has 168 valence electrons. The van der Waals surface area contributed by atoms with Gasteiger partial charge in [-0.25, -0.2) is 4.39 Å². The molecule has 0 unspecified atom stereocenters.